The summed E-state index contributed by atoms with van der Waals surface area (Å²) in [7, 11) is 0. The van der Waals surface area contributed by atoms with Crippen molar-refractivity contribution < 1.29 is 0 Å². The lowest BCUT2D eigenvalue weighted by atomic mass is 9.75. The first-order valence-corrected chi connectivity index (χ1v) is 7.10. The van der Waals surface area contributed by atoms with Gasteiger partial charge in [0.25, 0.3) is 0 Å². The van der Waals surface area contributed by atoms with Crippen LogP contribution in [0.5, 0.6) is 0 Å². The van der Waals surface area contributed by atoms with Crippen molar-refractivity contribution in [1.82, 2.24) is 0 Å². The van der Waals surface area contributed by atoms with E-state index in [9.17, 15) is 0 Å². The van der Waals surface area contributed by atoms with Crippen molar-refractivity contribution >= 4 is 21.4 Å². The molecule has 17 heavy (non-hydrogen) atoms. The van der Waals surface area contributed by atoms with E-state index in [1.165, 1.54) is 21.2 Å². The van der Waals surface area contributed by atoms with E-state index in [1.54, 1.807) is 0 Å². The molecule has 1 aromatic carbocycles. The molecule has 0 fully saturated rings. The molecule has 0 saturated carbocycles. The molecule has 0 radical (unpaired) electrons. The van der Waals surface area contributed by atoms with Crippen LogP contribution in [0.15, 0.2) is 23.6 Å². The van der Waals surface area contributed by atoms with Crippen molar-refractivity contribution in [3.63, 3.8) is 0 Å². The summed E-state index contributed by atoms with van der Waals surface area (Å²) in [5.41, 5.74) is 3.38. The first kappa shape index (κ1) is 12.6. The molecule has 0 aliphatic rings. The standard InChI is InChI=1S/C16H22S/c1-15(2,3)12-9-11-7-8-17-14(11)10-13(12)16(4,5)6/h7-10H,1-6H3. The Hall–Kier alpha value is -0.820. The van der Waals surface area contributed by atoms with Gasteiger partial charge in [-0.15, -0.1) is 11.3 Å². The van der Waals surface area contributed by atoms with Gasteiger partial charge in [0.15, 0.2) is 0 Å². The lowest BCUT2D eigenvalue weighted by Gasteiger charge is -2.30. The van der Waals surface area contributed by atoms with Crippen LogP contribution in [0, 0.1) is 0 Å². The maximum absolute atomic E-state index is 2.39. The molecule has 0 bridgehead atoms. The Bertz CT molecular complexity index is 485. The SMILES string of the molecule is CC(C)(C)c1cc2ccsc2cc1C(C)(C)C. The lowest BCUT2D eigenvalue weighted by Crippen LogP contribution is -2.21. The summed E-state index contributed by atoms with van der Waals surface area (Å²) in [4.78, 5) is 0. The van der Waals surface area contributed by atoms with E-state index in [-0.39, 0.29) is 10.8 Å². The van der Waals surface area contributed by atoms with E-state index in [4.69, 9.17) is 0 Å². The molecule has 0 nitrogen and oxygen atoms in total. The van der Waals surface area contributed by atoms with Gasteiger partial charge in [0, 0.05) is 4.70 Å². The maximum Gasteiger partial charge on any atom is 0.0345 e. The van der Waals surface area contributed by atoms with E-state index in [0.29, 0.717) is 0 Å². The zero-order valence-corrected chi connectivity index (χ0v) is 12.5. The molecule has 1 heteroatoms. The van der Waals surface area contributed by atoms with Gasteiger partial charge in [0.05, 0.1) is 0 Å². The minimum absolute atomic E-state index is 0.207. The van der Waals surface area contributed by atoms with E-state index < -0.39 is 0 Å². The van der Waals surface area contributed by atoms with Gasteiger partial charge < -0.3 is 0 Å². The van der Waals surface area contributed by atoms with Crippen molar-refractivity contribution in [2.75, 3.05) is 0 Å². The molecule has 0 spiro atoms. The molecule has 0 aliphatic carbocycles. The van der Waals surface area contributed by atoms with Crippen molar-refractivity contribution in [1.29, 1.82) is 0 Å². The van der Waals surface area contributed by atoms with Gasteiger partial charge >= 0.3 is 0 Å². The van der Waals surface area contributed by atoms with E-state index in [1.807, 2.05) is 11.3 Å². The zero-order valence-electron chi connectivity index (χ0n) is 11.7. The number of hydrogen-bond donors (Lipinski definition) is 0. The van der Waals surface area contributed by atoms with Crippen molar-refractivity contribution in [3.05, 3.63) is 34.7 Å². The molecule has 1 heterocycles. The van der Waals surface area contributed by atoms with E-state index in [0.717, 1.165) is 0 Å². The van der Waals surface area contributed by atoms with E-state index >= 15 is 0 Å². The first-order chi connectivity index (χ1) is 7.69. The maximum atomic E-state index is 2.39. The predicted molar refractivity (Wildman–Crippen MR) is 79.2 cm³/mol. The molecule has 2 aromatic rings. The van der Waals surface area contributed by atoms with Gasteiger partial charge in [-0.25, -0.2) is 0 Å². The Kier molecular flexibility index (Phi) is 2.86. The highest BCUT2D eigenvalue weighted by atomic mass is 32.1. The van der Waals surface area contributed by atoms with Crippen molar-refractivity contribution in [3.8, 4) is 0 Å². The lowest BCUT2D eigenvalue weighted by molar-refractivity contribution is 0.531. The van der Waals surface area contributed by atoms with E-state index in [2.05, 4.69) is 65.1 Å². The first-order valence-electron chi connectivity index (χ1n) is 6.22. The van der Waals surface area contributed by atoms with Gasteiger partial charge in [-0.05, 0) is 50.9 Å². The Morgan fingerprint density at radius 3 is 1.88 bits per heavy atom. The third-order valence-electron chi connectivity index (χ3n) is 3.21. The largest absolute Gasteiger partial charge is 0.144 e. The number of benzene rings is 1. The molecule has 0 amide bonds. The Morgan fingerprint density at radius 2 is 1.35 bits per heavy atom. The Labute approximate surface area is 109 Å². The average molecular weight is 246 g/mol. The van der Waals surface area contributed by atoms with Crippen molar-refractivity contribution in [2.24, 2.45) is 0 Å². The van der Waals surface area contributed by atoms with Crippen LogP contribution >= 0.6 is 11.3 Å². The minimum atomic E-state index is 0.207. The van der Waals surface area contributed by atoms with Crippen LogP contribution < -0.4 is 0 Å². The highest BCUT2D eigenvalue weighted by molar-refractivity contribution is 7.17. The highest BCUT2D eigenvalue weighted by Gasteiger charge is 2.25. The van der Waals surface area contributed by atoms with Gasteiger partial charge in [0.2, 0.25) is 0 Å². The third kappa shape index (κ3) is 2.40. The number of thiophene rings is 1. The molecular formula is C16H22S. The van der Waals surface area contributed by atoms with Crippen LogP contribution in [0.4, 0.5) is 0 Å². The number of hydrogen-bond acceptors (Lipinski definition) is 1. The van der Waals surface area contributed by atoms with Crippen LogP contribution in [-0.4, -0.2) is 0 Å². The van der Waals surface area contributed by atoms with Crippen LogP contribution in [0.2, 0.25) is 0 Å². The van der Waals surface area contributed by atoms with Gasteiger partial charge in [0.1, 0.15) is 0 Å². The average Bonchev–Trinajstić information content (AvgIpc) is 2.59. The molecule has 2 rings (SSSR count). The highest BCUT2D eigenvalue weighted by Crippen LogP contribution is 2.37. The second kappa shape index (κ2) is 3.84. The van der Waals surface area contributed by atoms with Crippen LogP contribution in [0.25, 0.3) is 10.1 Å². The fourth-order valence-electron chi connectivity index (χ4n) is 2.25. The molecule has 92 valence electrons. The summed E-state index contributed by atoms with van der Waals surface area (Å²) in [6.45, 7) is 13.8. The van der Waals surface area contributed by atoms with Crippen LogP contribution in [0.3, 0.4) is 0 Å². The van der Waals surface area contributed by atoms with Gasteiger partial charge in [-0.3, -0.25) is 0 Å². The van der Waals surface area contributed by atoms with Gasteiger partial charge in [-0.2, -0.15) is 0 Å². The smallest absolute Gasteiger partial charge is 0.0345 e. The second-order valence-electron chi connectivity index (χ2n) is 6.86. The predicted octanol–water partition coefficient (Wildman–Crippen LogP) is 5.50. The quantitative estimate of drug-likeness (QED) is 0.576. The molecule has 0 unspecified atom stereocenters. The molecular weight excluding hydrogens is 224 g/mol. The Balaban J connectivity index is 2.78. The van der Waals surface area contributed by atoms with Gasteiger partial charge in [-0.1, -0.05) is 41.5 Å². The number of rotatable bonds is 0. The topological polar surface area (TPSA) is 0 Å². The minimum Gasteiger partial charge on any atom is -0.144 e. The zero-order chi connectivity index (χ0) is 12.8. The van der Waals surface area contributed by atoms with Crippen molar-refractivity contribution in [2.45, 2.75) is 52.4 Å². The molecule has 0 aliphatic heterocycles. The second-order valence-corrected chi connectivity index (χ2v) is 7.80. The molecule has 1 aromatic heterocycles. The molecule has 0 atom stereocenters. The summed E-state index contributed by atoms with van der Waals surface area (Å²) in [5.74, 6) is 0. The summed E-state index contributed by atoms with van der Waals surface area (Å²) in [6, 6.07) is 6.99. The summed E-state index contributed by atoms with van der Waals surface area (Å²) >= 11 is 1.84. The third-order valence-corrected chi connectivity index (χ3v) is 4.09. The summed E-state index contributed by atoms with van der Waals surface area (Å²) in [6.07, 6.45) is 0. The summed E-state index contributed by atoms with van der Waals surface area (Å²) < 4.78 is 1.41. The number of fused-ring (bicyclic) bond motifs is 1. The van der Waals surface area contributed by atoms with Crippen LogP contribution in [-0.2, 0) is 10.8 Å². The molecule has 0 N–H and O–H groups in total. The molecule has 0 saturated heterocycles. The monoisotopic (exact) mass is 246 g/mol. The normalized spacial score (nSPS) is 13.3. The van der Waals surface area contributed by atoms with Crippen LogP contribution in [0.1, 0.15) is 52.7 Å². The summed E-state index contributed by atoms with van der Waals surface area (Å²) in [5, 5.41) is 3.57. The fraction of sp³-hybridized carbons (Fsp3) is 0.500. The Morgan fingerprint density at radius 1 is 0.824 bits per heavy atom. The fourth-order valence-corrected chi connectivity index (χ4v) is 3.06.